The molecule has 164 valence electrons. The normalized spacial score (nSPS) is 11.1. The summed E-state index contributed by atoms with van der Waals surface area (Å²) in [7, 11) is 1.52. The van der Waals surface area contributed by atoms with E-state index in [1.165, 1.54) is 18.0 Å². The number of esters is 2. The minimum Gasteiger partial charge on any atom is -0.459 e. The zero-order valence-corrected chi connectivity index (χ0v) is 18.7. The molecule has 0 aliphatic heterocycles. The minimum absolute atomic E-state index is 0.140. The quantitative estimate of drug-likeness (QED) is 0.389. The highest BCUT2D eigenvalue weighted by molar-refractivity contribution is 7.20. The predicted octanol–water partition coefficient (Wildman–Crippen LogP) is 3.18. The van der Waals surface area contributed by atoms with Crippen LogP contribution in [0.3, 0.4) is 0 Å². The largest absolute Gasteiger partial charge is 0.459 e. The van der Waals surface area contributed by atoms with Crippen molar-refractivity contribution in [2.75, 3.05) is 20.3 Å². The SMILES string of the molecule is COCCOC(=O)c1sc2ncn(Cc3ccc(C(=O)OC(C)C)cc3)c(=O)c2c1C. The number of aromatic nitrogens is 2. The van der Waals surface area contributed by atoms with Crippen molar-refractivity contribution in [2.45, 2.75) is 33.4 Å². The van der Waals surface area contributed by atoms with Crippen molar-refractivity contribution in [1.82, 2.24) is 9.55 Å². The standard InChI is InChI=1S/C22H24N2O6S/c1-13(2)30-21(26)16-7-5-15(6-8-16)11-24-12-23-19-17(20(24)25)14(3)18(31-19)22(27)29-10-9-28-4/h5-8,12-13H,9-11H2,1-4H3. The van der Waals surface area contributed by atoms with Gasteiger partial charge in [-0.15, -0.1) is 11.3 Å². The van der Waals surface area contributed by atoms with Crippen LogP contribution in [0.1, 0.15) is 45.0 Å². The van der Waals surface area contributed by atoms with Crippen LogP contribution in [-0.2, 0) is 20.8 Å². The van der Waals surface area contributed by atoms with Crippen molar-refractivity contribution in [3.05, 3.63) is 62.5 Å². The van der Waals surface area contributed by atoms with Gasteiger partial charge < -0.3 is 14.2 Å². The Hall–Kier alpha value is -3.04. The summed E-state index contributed by atoms with van der Waals surface area (Å²) >= 11 is 1.14. The van der Waals surface area contributed by atoms with Crippen molar-refractivity contribution in [1.29, 1.82) is 0 Å². The molecule has 0 aliphatic carbocycles. The fourth-order valence-corrected chi connectivity index (χ4v) is 4.01. The van der Waals surface area contributed by atoms with Gasteiger partial charge in [0, 0.05) is 7.11 Å². The fourth-order valence-electron chi connectivity index (χ4n) is 2.97. The van der Waals surface area contributed by atoms with E-state index in [0.29, 0.717) is 32.8 Å². The molecular formula is C22H24N2O6S. The van der Waals surface area contributed by atoms with E-state index in [4.69, 9.17) is 14.2 Å². The molecule has 0 radical (unpaired) electrons. The van der Waals surface area contributed by atoms with E-state index in [9.17, 15) is 14.4 Å². The maximum atomic E-state index is 13.0. The third-order valence-corrected chi connectivity index (χ3v) is 5.69. The summed E-state index contributed by atoms with van der Waals surface area (Å²) in [4.78, 5) is 42.5. The average molecular weight is 445 g/mol. The molecule has 0 amide bonds. The number of hydrogen-bond acceptors (Lipinski definition) is 8. The Kier molecular flexibility index (Phi) is 7.19. The molecule has 3 aromatic rings. The lowest BCUT2D eigenvalue weighted by molar-refractivity contribution is 0.0374. The number of hydrogen-bond donors (Lipinski definition) is 0. The van der Waals surface area contributed by atoms with Gasteiger partial charge >= 0.3 is 11.9 Å². The molecular weight excluding hydrogens is 420 g/mol. The average Bonchev–Trinajstić information content (AvgIpc) is 3.07. The summed E-state index contributed by atoms with van der Waals surface area (Å²) in [6.07, 6.45) is 1.27. The third kappa shape index (κ3) is 5.18. The fraction of sp³-hybridized carbons (Fsp3) is 0.364. The van der Waals surface area contributed by atoms with Gasteiger partial charge in [0.15, 0.2) is 0 Å². The molecule has 1 aromatic carbocycles. The Morgan fingerprint density at radius 2 is 1.84 bits per heavy atom. The molecule has 0 unspecified atom stereocenters. The van der Waals surface area contributed by atoms with E-state index in [2.05, 4.69) is 4.98 Å². The van der Waals surface area contributed by atoms with E-state index < -0.39 is 5.97 Å². The van der Waals surface area contributed by atoms with Crippen LogP contribution in [0, 0.1) is 6.92 Å². The number of carbonyl (C=O) groups excluding carboxylic acids is 2. The molecule has 31 heavy (non-hydrogen) atoms. The molecule has 8 nitrogen and oxygen atoms in total. The zero-order valence-electron chi connectivity index (χ0n) is 17.8. The number of methoxy groups -OCH3 is 1. The van der Waals surface area contributed by atoms with Crippen LogP contribution in [0.2, 0.25) is 0 Å². The first-order valence-electron chi connectivity index (χ1n) is 9.76. The lowest BCUT2D eigenvalue weighted by Gasteiger charge is -2.09. The minimum atomic E-state index is -0.493. The van der Waals surface area contributed by atoms with Crippen molar-refractivity contribution >= 4 is 33.5 Å². The highest BCUT2D eigenvalue weighted by atomic mass is 32.1. The van der Waals surface area contributed by atoms with Crippen molar-refractivity contribution in [2.24, 2.45) is 0 Å². The van der Waals surface area contributed by atoms with E-state index in [1.807, 2.05) is 0 Å². The van der Waals surface area contributed by atoms with Gasteiger partial charge in [-0.2, -0.15) is 0 Å². The van der Waals surface area contributed by atoms with Crippen molar-refractivity contribution < 1.29 is 23.8 Å². The van der Waals surface area contributed by atoms with Crippen molar-refractivity contribution in [3.63, 3.8) is 0 Å². The second kappa shape index (κ2) is 9.84. The summed E-state index contributed by atoms with van der Waals surface area (Å²) in [5, 5.41) is 0.406. The zero-order chi connectivity index (χ0) is 22.5. The topological polar surface area (TPSA) is 96.7 Å². The van der Waals surface area contributed by atoms with Crippen molar-refractivity contribution in [3.8, 4) is 0 Å². The van der Waals surface area contributed by atoms with E-state index >= 15 is 0 Å². The van der Waals surface area contributed by atoms with E-state index in [-0.39, 0.29) is 30.8 Å². The van der Waals surface area contributed by atoms with Crippen LogP contribution in [0.4, 0.5) is 0 Å². The van der Waals surface area contributed by atoms with Crippen LogP contribution in [-0.4, -0.2) is 47.9 Å². The first kappa shape index (κ1) is 22.6. The van der Waals surface area contributed by atoms with Gasteiger partial charge in [-0.3, -0.25) is 9.36 Å². The monoisotopic (exact) mass is 444 g/mol. The molecule has 3 rings (SSSR count). The summed E-state index contributed by atoms with van der Waals surface area (Å²) < 4.78 is 16.7. The summed E-state index contributed by atoms with van der Waals surface area (Å²) in [5.74, 6) is -0.881. The van der Waals surface area contributed by atoms with Gasteiger partial charge in [-0.1, -0.05) is 12.1 Å². The summed E-state index contributed by atoms with van der Waals surface area (Å²) in [6.45, 7) is 6.02. The predicted molar refractivity (Wildman–Crippen MR) is 117 cm³/mol. The molecule has 0 N–H and O–H groups in total. The van der Waals surface area contributed by atoms with Crippen LogP contribution in [0.25, 0.3) is 10.2 Å². The smallest absolute Gasteiger partial charge is 0.348 e. The summed E-state index contributed by atoms with van der Waals surface area (Å²) in [5.41, 5.74) is 1.60. The molecule has 0 saturated heterocycles. The third-order valence-electron chi connectivity index (χ3n) is 4.51. The first-order valence-corrected chi connectivity index (χ1v) is 10.6. The van der Waals surface area contributed by atoms with Gasteiger partial charge in [-0.05, 0) is 44.0 Å². The molecule has 2 heterocycles. The molecule has 0 saturated carbocycles. The number of thiophene rings is 1. The summed E-state index contributed by atoms with van der Waals surface area (Å²) in [6, 6.07) is 6.88. The van der Waals surface area contributed by atoms with Crippen LogP contribution in [0.15, 0.2) is 35.4 Å². The maximum absolute atomic E-state index is 13.0. The molecule has 0 aliphatic rings. The highest BCUT2D eigenvalue weighted by Crippen LogP contribution is 2.27. The first-order chi connectivity index (χ1) is 14.8. The van der Waals surface area contributed by atoms with Crippen LogP contribution >= 0.6 is 11.3 Å². The highest BCUT2D eigenvalue weighted by Gasteiger charge is 2.20. The van der Waals surface area contributed by atoms with E-state index in [1.54, 1.807) is 45.0 Å². The van der Waals surface area contributed by atoms with Crippen LogP contribution in [0.5, 0.6) is 0 Å². The van der Waals surface area contributed by atoms with Gasteiger partial charge in [-0.25, -0.2) is 14.6 Å². The van der Waals surface area contributed by atoms with Gasteiger partial charge in [0.1, 0.15) is 16.3 Å². The number of benzene rings is 1. The number of rotatable bonds is 8. The van der Waals surface area contributed by atoms with Gasteiger partial charge in [0.05, 0.1) is 36.5 Å². The second-order valence-electron chi connectivity index (χ2n) is 7.19. The number of fused-ring (bicyclic) bond motifs is 1. The number of carbonyl (C=O) groups is 2. The van der Waals surface area contributed by atoms with E-state index in [0.717, 1.165) is 16.9 Å². The number of nitrogens with zero attached hydrogens (tertiary/aromatic N) is 2. The molecule has 9 heteroatoms. The molecule has 2 aromatic heterocycles. The Morgan fingerprint density at radius 3 is 2.48 bits per heavy atom. The molecule has 0 atom stereocenters. The molecule has 0 spiro atoms. The Morgan fingerprint density at radius 1 is 1.13 bits per heavy atom. The Labute approximate surface area is 183 Å². The molecule has 0 fully saturated rings. The second-order valence-corrected chi connectivity index (χ2v) is 8.19. The van der Waals surface area contributed by atoms with Gasteiger partial charge in [0.25, 0.3) is 5.56 Å². The number of aryl methyl sites for hydroxylation is 1. The van der Waals surface area contributed by atoms with Crippen LogP contribution < -0.4 is 5.56 Å². The van der Waals surface area contributed by atoms with Gasteiger partial charge in [0.2, 0.25) is 0 Å². The Balaban J connectivity index is 1.83. The maximum Gasteiger partial charge on any atom is 0.348 e. The number of ether oxygens (including phenoxy) is 3. The molecule has 0 bridgehead atoms. The lowest BCUT2D eigenvalue weighted by atomic mass is 10.1. The Bertz CT molecular complexity index is 1150. The lowest BCUT2D eigenvalue weighted by Crippen LogP contribution is -2.21.